The van der Waals surface area contributed by atoms with Crippen LogP contribution in [0.2, 0.25) is 0 Å². The van der Waals surface area contributed by atoms with Gasteiger partial charge >= 0.3 is 0 Å². The fourth-order valence-corrected chi connectivity index (χ4v) is 3.19. The molecule has 1 aliphatic heterocycles. The average molecular weight is 187 g/mol. The van der Waals surface area contributed by atoms with Gasteiger partial charge in [0.1, 0.15) is 0 Å². The Bertz CT molecular complexity index is 345. The Labute approximate surface area is 85.7 Å². The second-order valence-electron chi connectivity index (χ2n) is 4.82. The van der Waals surface area contributed by atoms with Crippen LogP contribution in [0, 0.1) is 5.92 Å². The monoisotopic (exact) mass is 187 g/mol. The fraction of sp³-hybridized carbons (Fsp3) is 0.538. The van der Waals surface area contributed by atoms with E-state index in [1.807, 2.05) is 0 Å². The van der Waals surface area contributed by atoms with Crippen LogP contribution in [0.4, 0.5) is 0 Å². The smallest absolute Gasteiger partial charge is 0.00157 e. The molecule has 0 N–H and O–H groups in total. The molecule has 0 bridgehead atoms. The molecule has 2 atom stereocenters. The largest absolute Gasteiger partial charge is 0.306 e. The third-order valence-electron chi connectivity index (χ3n) is 3.87. The topological polar surface area (TPSA) is 3.24 Å². The normalized spacial score (nSPS) is 31.2. The van der Waals surface area contributed by atoms with Crippen molar-refractivity contribution in [3.63, 3.8) is 0 Å². The SMILES string of the molecule is CN1CCC2c3ccccc3CC2C1. The lowest BCUT2D eigenvalue weighted by Gasteiger charge is -2.32. The minimum Gasteiger partial charge on any atom is -0.306 e. The number of rotatable bonds is 0. The van der Waals surface area contributed by atoms with Gasteiger partial charge in [0.15, 0.2) is 0 Å². The van der Waals surface area contributed by atoms with Crippen molar-refractivity contribution in [2.24, 2.45) is 5.92 Å². The molecule has 1 nitrogen and oxygen atoms in total. The van der Waals surface area contributed by atoms with Crippen LogP contribution in [0.5, 0.6) is 0 Å². The lowest BCUT2D eigenvalue weighted by Crippen LogP contribution is -2.35. The van der Waals surface area contributed by atoms with E-state index < -0.39 is 0 Å². The summed E-state index contributed by atoms with van der Waals surface area (Å²) in [4.78, 5) is 2.48. The first-order valence-corrected chi connectivity index (χ1v) is 5.61. The van der Waals surface area contributed by atoms with Crippen LogP contribution in [0.25, 0.3) is 0 Å². The lowest BCUT2D eigenvalue weighted by atomic mass is 9.86. The highest BCUT2D eigenvalue weighted by atomic mass is 15.1. The standard InChI is InChI=1S/C13H17N/c1-14-7-6-13-11(9-14)8-10-4-2-3-5-12(10)13/h2-5,11,13H,6-9H2,1H3. The van der Waals surface area contributed by atoms with Crippen LogP contribution in [-0.4, -0.2) is 25.0 Å². The van der Waals surface area contributed by atoms with Gasteiger partial charge < -0.3 is 4.90 Å². The van der Waals surface area contributed by atoms with E-state index >= 15 is 0 Å². The number of likely N-dealkylation sites (tertiary alicyclic amines) is 1. The predicted octanol–water partition coefficient (Wildman–Crippen LogP) is 2.28. The van der Waals surface area contributed by atoms with E-state index in [1.54, 1.807) is 11.1 Å². The van der Waals surface area contributed by atoms with Crippen LogP contribution < -0.4 is 0 Å². The molecule has 0 saturated carbocycles. The zero-order valence-corrected chi connectivity index (χ0v) is 8.74. The molecule has 1 aliphatic carbocycles. The highest BCUT2D eigenvalue weighted by molar-refractivity contribution is 5.36. The van der Waals surface area contributed by atoms with Gasteiger partial charge in [-0.25, -0.2) is 0 Å². The molecular weight excluding hydrogens is 170 g/mol. The van der Waals surface area contributed by atoms with Gasteiger partial charge in [-0.15, -0.1) is 0 Å². The Kier molecular flexibility index (Phi) is 1.88. The molecule has 0 aromatic heterocycles. The van der Waals surface area contributed by atoms with Crippen molar-refractivity contribution in [1.82, 2.24) is 4.90 Å². The third-order valence-corrected chi connectivity index (χ3v) is 3.87. The maximum atomic E-state index is 2.48. The summed E-state index contributed by atoms with van der Waals surface area (Å²) in [6.07, 6.45) is 2.67. The molecule has 0 spiro atoms. The quantitative estimate of drug-likeness (QED) is 0.602. The Hall–Kier alpha value is -0.820. The van der Waals surface area contributed by atoms with Crippen molar-refractivity contribution in [3.05, 3.63) is 35.4 Å². The van der Waals surface area contributed by atoms with E-state index in [0.717, 1.165) is 11.8 Å². The third kappa shape index (κ3) is 1.19. The van der Waals surface area contributed by atoms with Gasteiger partial charge in [0.25, 0.3) is 0 Å². The molecule has 1 heterocycles. The van der Waals surface area contributed by atoms with E-state index in [-0.39, 0.29) is 0 Å². The van der Waals surface area contributed by atoms with Gasteiger partial charge in [-0.05, 0) is 49.4 Å². The van der Waals surface area contributed by atoms with Crippen LogP contribution in [-0.2, 0) is 6.42 Å². The Morgan fingerprint density at radius 1 is 1.29 bits per heavy atom. The van der Waals surface area contributed by atoms with Crippen LogP contribution in [0.1, 0.15) is 23.5 Å². The minimum atomic E-state index is 0.863. The summed E-state index contributed by atoms with van der Waals surface area (Å²) in [5, 5.41) is 0. The molecule has 0 amide bonds. The number of piperidine rings is 1. The predicted molar refractivity (Wildman–Crippen MR) is 58.5 cm³/mol. The number of hydrogen-bond acceptors (Lipinski definition) is 1. The van der Waals surface area contributed by atoms with E-state index in [4.69, 9.17) is 0 Å². The molecule has 2 unspecified atom stereocenters. The first kappa shape index (κ1) is 8.49. The van der Waals surface area contributed by atoms with Crippen molar-refractivity contribution in [1.29, 1.82) is 0 Å². The van der Waals surface area contributed by atoms with E-state index in [0.29, 0.717) is 0 Å². The molecule has 0 radical (unpaired) electrons. The Morgan fingerprint density at radius 2 is 2.14 bits per heavy atom. The average Bonchev–Trinajstić information content (AvgIpc) is 2.54. The molecule has 1 heteroatoms. The molecule has 14 heavy (non-hydrogen) atoms. The first-order chi connectivity index (χ1) is 6.84. The van der Waals surface area contributed by atoms with Gasteiger partial charge in [0.05, 0.1) is 0 Å². The van der Waals surface area contributed by atoms with E-state index in [9.17, 15) is 0 Å². The van der Waals surface area contributed by atoms with Crippen LogP contribution >= 0.6 is 0 Å². The van der Waals surface area contributed by atoms with Crippen molar-refractivity contribution in [3.8, 4) is 0 Å². The summed E-state index contributed by atoms with van der Waals surface area (Å²) in [6.45, 7) is 2.56. The van der Waals surface area contributed by atoms with Crippen LogP contribution in [0.3, 0.4) is 0 Å². The first-order valence-electron chi connectivity index (χ1n) is 5.61. The summed E-state index contributed by atoms with van der Waals surface area (Å²) < 4.78 is 0. The summed E-state index contributed by atoms with van der Waals surface area (Å²) in [5.74, 6) is 1.76. The highest BCUT2D eigenvalue weighted by Gasteiger charge is 2.35. The second-order valence-corrected chi connectivity index (χ2v) is 4.82. The second kappa shape index (κ2) is 3.09. The minimum absolute atomic E-state index is 0.863. The zero-order valence-electron chi connectivity index (χ0n) is 8.74. The van der Waals surface area contributed by atoms with Crippen molar-refractivity contribution < 1.29 is 0 Å². The summed E-state index contributed by atoms with van der Waals surface area (Å²) in [7, 11) is 2.25. The zero-order chi connectivity index (χ0) is 9.54. The maximum Gasteiger partial charge on any atom is 0.00157 e. The van der Waals surface area contributed by atoms with Gasteiger partial charge in [-0.1, -0.05) is 24.3 Å². The highest BCUT2D eigenvalue weighted by Crippen LogP contribution is 2.42. The molecular formula is C13H17N. The lowest BCUT2D eigenvalue weighted by molar-refractivity contribution is 0.195. The van der Waals surface area contributed by atoms with Gasteiger partial charge in [0, 0.05) is 6.54 Å². The number of benzene rings is 1. The molecule has 1 aromatic carbocycles. The Balaban J connectivity index is 1.94. The number of fused-ring (bicyclic) bond motifs is 3. The number of nitrogens with zero attached hydrogens (tertiary/aromatic N) is 1. The molecule has 1 saturated heterocycles. The van der Waals surface area contributed by atoms with Crippen molar-refractivity contribution in [2.75, 3.05) is 20.1 Å². The van der Waals surface area contributed by atoms with Gasteiger partial charge in [-0.3, -0.25) is 0 Å². The molecule has 3 rings (SSSR count). The van der Waals surface area contributed by atoms with Crippen molar-refractivity contribution in [2.45, 2.75) is 18.8 Å². The molecule has 74 valence electrons. The fourth-order valence-electron chi connectivity index (χ4n) is 3.19. The van der Waals surface area contributed by atoms with Gasteiger partial charge in [-0.2, -0.15) is 0 Å². The van der Waals surface area contributed by atoms with Crippen LogP contribution in [0.15, 0.2) is 24.3 Å². The van der Waals surface area contributed by atoms with E-state index in [1.165, 1.54) is 25.9 Å². The summed E-state index contributed by atoms with van der Waals surface area (Å²) in [6, 6.07) is 9.03. The molecule has 2 aliphatic rings. The summed E-state index contributed by atoms with van der Waals surface area (Å²) >= 11 is 0. The maximum absolute atomic E-state index is 2.48. The molecule has 1 fully saturated rings. The summed E-state index contributed by atoms with van der Waals surface area (Å²) in [5.41, 5.74) is 3.25. The number of hydrogen-bond donors (Lipinski definition) is 0. The van der Waals surface area contributed by atoms with Gasteiger partial charge in [0.2, 0.25) is 0 Å². The molecule has 1 aromatic rings. The van der Waals surface area contributed by atoms with E-state index in [2.05, 4.69) is 36.2 Å². The van der Waals surface area contributed by atoms with Crippen molar-refractivity contribution >= 4 is 0 Å². The Morgan fingerprint density at radius 3 is 3.07 bits per heavy atom.